The maximum absolute atomic E-state index is 11.5. The predicted molar refractivity (Wildman–Crippen MR) is 56.2 cm³/mol. The summed E-state index contributed by atoms with van der Waals surface area (Å²) >= 11 is 0. The molecule has 0 spiro atoms. The standard InChI is InChI=1S/C10H17N3O2/c1-7(4-11-3)10(14)13-6-9-12-5-8(2)15-9/h5,7,11H,4,6H2,1-3H3,(H,13,14). The van der Waals surface area contributed by atoms with Crippen LogP contribution in [0.5, 0.6) is 0 Å². The van der Waals surface area contributed by atoms with Gasteiger partial charge in [-0.3, -0.25) is 4.79 Å². The van der Waals surface area contributed by atoms with Gasteiger partial charge in [-0.25, -0.2) is 4.98 Å². The van der Waals surface area contributed by atoms with Crippen molar-refractivity contribution in [2.45, 2.75) is 20.4 Å². The van der Waals surface area contributed by atoms with E-state index in [-0.39, 0.29) is 11.8 Å². The van der Waals surface area contributed by atoms with E-state index in [1.165, 1.54) is 0 Å². The molecule has 0 fully saturated rings. The van der Waals surface area contributed by atoms with Gasteiger partial charge in [0.15, 0.2) is 0 Å². The van der Waals surface area contributed by atoms with Gasteiger partial charge in [0.25, 0.3) is 0 Å². The highest BCUT2D eigenvalue weighted by atomic mass is 16.4. The zero-order chi connectivity index (χ0) is 11.3. The monoisotopic (exact) mass is 211 g/mol. The summed E-state index contributed by atoms with van der Waals surface area (Å²) in [7, 11) is 1.82. The van der Waals surface area contributed by atoms with Crippen molar-refractivity contribution in [2.24, 2.45) is 5.92 Å². The fourth-order valence-electron chi connectivity index (χ4n) is 1.22. The van der Waals surface area contributed by atoms with Crippen LogP contribution in [0.3, 0.4) is 0 Å². The highest BCUT2D eigenvalue weighted by Gasteiger charge is 2.12. The molecule has 0 saturated carbocycles. The molecule has 84 valence electrons. The Morgan fingerprint density at radius 1 is 1.67 bits per heavy atom. The van der Waals surface area contributed by atoms with Gasteiger partial charge in [-0.05, 0) is 14.0 Å². The normalized spacial score (nSPS) is 12.5. The second-order valence-corrected chi connectivity index (χ2v) is 3.54. The number of aromatic nitrogens is 1. The van der Waals surface area contributed by atoms with Gasteiger partial charge in [0.1, 0.15) is 5.76 Å². The SMILES string of the molecule is CNCC(C)C(=O)NCc1ncc(C)o1. The Morgan fingerprint density at radius 3 is 2.93 bits per heavy atom. The number of nitrogens with one attached hydrogen (secondary N) is 2. The van der Waals surface area contributed by atoms with Gasteiger partial charge in [0.2, 0.25) is 11.8 Å². The largest absolute Gasteiger partial charge is 0.444 e. The topological polar surface area (TPSA) is 67.2 Å². The Kier molecular flexibility index (Phi) is 4.30. The molecule has 5 nitrogen and oxygen atoms in total. The Balaban J connectivity index is 2.34. The van der Waals surface area contributed by atoms with Crippen molar-refractivity contribution in [3.8, 4) is 0 Å². The fraction of sp³-hybridized carbons (Fsp3) is 0.600. The van der Waals surface area contributed by atoms with Crippen LogP contribution in [-0.2, 0) is 11.3 Å². The number of hydrogen-bond acceptors (Lipinski definition) is 4. The van der Waals surface area contributed by atoms with E-state index in [9.17, 15) is 4.79 Å². The molecule has 1 aromatic rings. The molecule has 2 N–H and O–H groups in total. The number of amides is 1. The molecule has 0 aliphatic rings. The summed E-state index contributed by atoms with van der Waals surface area (Å²) in [6.45, 7) is 4.70. The van der Waals surface area contributed by atoms with Crippen molar-refractivity contribution >= 4 is 5.91 Å². The third-order valence-corrected chi connectivity index (χ3v) is 2.04. The lowest BCUT2D eigenvalue weighted by Crippen LogP contribution is -2.33. The average Bonchev–Trinajstić information content (AvgIpc) is 2.61. The van der Waals surface area contributed by atoms with Crippen LogP contribution in [-0.4, -0.2) is 24.5 Å². The molecular weight excluding hydrogens is 194 g/mol. The summed E-state index contributed by atoms with van der Waals surface area (Å²) in [6.07, 6.45) is 1.64. The van der Waals surface area contributed by atoms with Crippen LogP contribution >= 0.6 is 0 Å². The van der Waals surface area contributed by atoms with Crippen molar-refractivity contribution < 1.29 is 9.21 Å². The van der Waals surface area contributed by atoms with Gasteiger partial charge in [-0.1, -0.05) is 6.92 Å². The van der Waals surface area contributed by atoms with Gasteiger partial charge in [-0.2, -0.15) is 0 Å². The van der Waals surface area contributed by atoms with Gasteiger partial charge < -0.3 is 15.1 Å². The maximum atomic E-state index is 11.5. The first-order valence-electron chi connectivity index (χ1n) is 4.97. The molecule has 0 saturated heterocycles. The van der Waals surface area contributed by atoms with Gasteiger partial charge in [0, 0.05) is 12.5 Å². The van der Waals surface area contributed by atoms with E-state index in [2.05, 4.69) is 15.6 Å². The molecule has 5 heteroatoms. The highest BCUT2D eigenvalue weighted by Crippen LogP contribution is 2.01. The first kappa shape index (κ1) is 11.7. The molecule has 15 heavy (non-hydrogen) atoms. The van der Waals surface area contributed by atoms with Crippen LogP contribution in [0.4, 0.5) is 0 Å². The maximum Gasteiger partial charge on any atom is 0.224 e. The quantitative estimate of drug-likeness (QED) is 0.742. The molecular formula is C10H17N3O2. The molecule has 0 radical (unpaired) electrons. The summed E-state index contributed by atoms with van der Waals surface area (Å²) in [4.78, 5) is 15.5. The zero-order valence-electron chi connectivity index (χ0n) is 9.33. The van der Waals surface area contributed by atoms with E-state index in [1.54, 1.807) is 6.20 Å². The van der Waals surface area contributed by atoms with Crippen molar-refractivity contribution in [2.75, 3.05) is 13.6 Å². The molecule has 0 aliphatic heterocycles. The van der Waals surface area contributed by atoms with Crippen molar-refractivity contribution in [3.05, 3.63) is 17.8 Å². The fourth-order valence-corrected chi connectivity index (χ4v) is 1.22. The van der Waals surface area contributed by atoms with E-state index in [4.69, 9.17) is 4.42 Å². The van der Waals surface area contributed by atoms with Gasteiger partial charge in [-0.15, -0.1) is 0 Å². The van der Waals surface area contributed by atoms with Crippen molar-refractivity contribution in [1.82, 2.24) is 15.6 Å². The number of oxazole rings is 1. The third kappa shape index (κ3) is 3.71. The summed E-state index contributed by atoms with van der Waals surface area (Å²) in [5, 5.41) is 5.71. The van der Waals surface area contributed by atoms with Gasteiger partial charge >= 0.3 is 0 Å². The molecule has 1 rings (SSSR count). The minimum atomic E-state index is -0.0499. The lowest BCUT2D eigenvalue weighted by Gasteiger charge is -2.09. The lowest BCUT2D eigenvalue weighted by atomic mass is 10.1. The average molecular weight is 211 g/mol. The van der Waals surface area contributed by atoms with E-state index in [0.717, 1.165) is 5.76 Å². The predicted octanol–water partition coefficient (Wildman–Crippen LogP) is 0.455. The number of nitrogens with zero attached hydrogens (tertiary/aromatic N) is 1. The van der Waals surface area contributed by atoms with E-state index >= 15 is 0 Å². The minimum Gasteiger partial charge on any atom is -0.444 e. The van der Waals surface area contributed by atoms with Crippen molar-refractivity contribution in [3.63, 3.8) is 0 Å². The molecule has 0 aromatic carbocycles. The molecule has 0 aliphatic carbocycles. The Bertz CT molecular complexity index is 322. The Morgan fingerprint density at radius 2 is 2.40 bits per heavy atom. The van der Waals surface area contributed by atoms with Crippen LogP contribution in [0.2, 0.25) is 0 Å². The zero-order valence-corrected chi connectivity index (χ0v) is 9.33. The molecule has 1 amide bonds. The van der Waals surface area contributed by atoms with Crippen LogP contribution in [0, 0.1) is 12.8 Å². The molecule has 1 unspecified atom stereocenters. The summed E-state index contributed by atoms with van der Waals surface area (Å²) in [5.74, 6) is 1.24. The van der Waals surface area contributed by atoms with Crippen LogP contribution in [0.15, 0.2) is 10.6 Å². The van der Waals surface area contributed by atoms with E-state index in [0.29, 0.717) is 19.0 Å². The second-order valence-electron chi connectivity index (χ2n) is 3.54. The highest BCUT2D eigenvalue weighted by molar-refractivity contribution is 5.78. The summed E-state index contributed by atoms with van der Waals surface area (Å²) < 4.78 is 5.23. The molecule has 1 atom stereocenters. The number of carbonyl (C=O) groups excluding carboxylic acids is 1. The van der Waals surface area contributed by atoms with Gasteiger partial charge in [0.05, 0.1) is 12.7 Å². The second kappa shape index (κ2) is 5.50. The van der Waals surface area contributed by atoms with E-state index < -0.39 is 0 Å². The van der Waals surface area contributed by atoms with Crippen LogP contribution in [0.1, 0.15) is 18.6 Å². The number of hydrogen-bond donors (Lipinski definition) is 2. The van der Waals surface area contributed by atoms with Crippen LogP contribution in [0.25, 0.3) is 0 Å². The summed E-state index contributed by atoms with van der Waals surface area (Å²) in [5.41, 5.74) is 0. The lowest BCUT2D eigenvalue weighted by molar-refractivity contribution is -0.124. The van der Waals surface area contributed by atoms with E-state index in [1.807, 2.05) is 20.9 Å². The molecule has 1 heterocycles. The number of carbonyl (C=O) groups is 1. The molecule has 0 bridgehead atoms. The summed E-state index contributed by atoms with van der Waals surface area (Å²) in [6, 6.07) is 0. The first-order chi connectivity index (χ1) is 7.13. The Hall–Kier alpha value is -1.36. The smallest absolute Gasteiger partial charge is 0.224 e. The first-order valence-corrected chi connectivity index (χ1v) is 4.97. The minimum absolute atomic E-state index is 0.000188. The van der Waals surface area contributed by atoms with Crippen LogP contribution < -0.4 is 10.6 Å². The Labute approximate surface area is 89.3 Å². The molecule has 1 aromatic heterocycles. The van der Waals surface area contributed by atoms with Crippen molar-refractivity contribution in [1.29, 1.82) is 0 Å². The number of aryl methyl sites for hydroxylation is 1. The third-order valence-electron chi connectivity index (χ3n) is 2.04. The number of rotatable bonds is 5.